The summed E-state index contributed by atoms with van der Waals surface area (Å²) in [5.74, 6) is 0.395. The Morgan fingerprint density at radius 3 is 2.50 bits per heavy atom. The molecule has 2 N–H and O–H groups in total. The van der Waals surface area contributed by atoms with Crippen LogP contribution in [0.3, 0.4) is 0 Å². The second-order valence-corrected chi connectivity index (χ2v) is 9.59. The second kappa shape index (κ2) is 12.1. The van der Waals surface area contributed by atoms with Crippen molar-refractivity contribution in [3.63, 3.8) is 0 Å². The highest BCUT2D eigenvalue weighted by Crippen LogP contribution is 2.39. The highest BCUT2D eigenvalue weighted by Gasteiger charge is 2.25. The van der Waals surface area contributed by atoms with Gasteiger partial charge in [0.25, 0.3) is 0 Å². The first-order valence-electron chi connectivity index (χ1n) is 13.1. The molecule has 0 fully saturated rings. The van der Waals surface area contributed by atoms with E-state index in [-0.39, 0.29) is 0 Å². The van der Waals surface area contributed by atoms with Crippen LogP contribution in [-0.4, -0.2) is 37.8 Å². The number of fused-ring (bicyclic) bond motifs is 1. The maximum absolute atomic E-state index is 11.4. The van der Waals surface area contributed by atoms with Crippen molar-refractivity contribution >= 4 is 11.7 Å². The predicted molar refractivity (Wildman–Crippen MR) is 147 cm³/mol. The maximum atomic E-state index is 11.4. The summed E-state index contributed by atoms with van der Waals surface area (Å²) in [6.45, 7) is 8.09. The van der Waals surface area contributed by atoms with Gasteiger partial charge in [-0.25, -0.2) is 4.79 Å². The number of likely N-dealkylation sites (N-methyl/N-ethyl adjacent to an activating group) is 1. The standard InChI is InChI=1S/C31H38N2O3/c1-4-32-17-16-22-6-8-23(9-7-22)21-33(5-2)30-20-28(36-3)14-15-29(30)26-12-10-25-19-27(31(34)35)13-11-24(25)18-26/h6-9,11,13-15,19-20,26,32H,4-5,10,12,16-18,21H2,1-3H3,(H,34,35)/t26-/m1/s1. The molecule has 0 bridgehead atoms. The molecule has 1 aliphatic carbocycles. The molecule has 0 aromatic heterocycles. The van der Waals surface area contributed by atoms with Crippen LogP contribution in [0.2, 0.25) is 0 Å². The molecule has 3 aromatic rings. The molecule has 3 aromatic carbocycles. The Morgan fingerprint density at radius 1 is 1.03 bits per heavy atom. The average molecular weight is 487 g/mol. The Kier molecular flexibility index (Phi) is 8.65. The summed E-state index contributed by atoms with van der Waals surface area (Å²) < 4.78 is 5.61. The average Bonchev–Trinajstić information content (AvgIpc) is 2.91. The minimum atomic E-state index is -0.860. The van der Waals surface area contributed by atoms with Gasteiger partial charge in [0.05, 0.1) is 12.7 Å². The third kappa shape index (κ3) is 6.08. The van der Waals surface area contributed by atoms with E-state index in [0.717, 1.165) is 57.6 Å². The van der Waals surface area contributed by atoms with Crippen LogP contribution in [-0.2, 0) is 25.8 Å². The number of benzene rings is 3. The van der Waals surface area contributed by atoms with E-state index in [2.05, 4.69) is 66.5 Å². The van der Waals surface area contributed by atoms with Gasteiger partial charge in [-0.05, 0) is 97.6 Å². The molecule has 0 amide bonds. The van der Waals surface area contributed by atoms with Gasteiger partial charge in [0.15, 0.2) is 0 Å². The lowest BCUT2D eigenvalue weighted by molar-refractivity contribution is 0.0696. The molecule has 4 rings (SSSR count). The van der Waals surface area contributed by atoms with Crippen molar-refractivity contribution in [2.45, 2.75) is 52.0 Å². The van der Waals surface area contributed by atoms with E-state index < -0.39 is 5.97 Å². The number of nitrogens with one attached hydrogen (secondary N) is 1. The zero-order valence-corrected chi connectivity index (χ0v) is 21.7. The van der Waals surface area contributed by atoms with Crippen LogP contribution in [0.25, 0.3) is 0 Å². The van der Waals surface area contributed by atoms with Gasteiger partial charge >= 0.3 is 5.97 Å². The lowest BCUT2D eigenvalue weighted by Gasteiger charge is -2.32. The third-order valence-corrected chi connectivity index (χ3v) is 7.32. The Bertz CT molecular complexity index is 1170. The van der Waals surface area contributed by atoms with E-state index in [1.54, 1.807) is 13.2 Å². The van der Waals surface area contributed by atoms with Crippen LogP contribution in [0, 0.1) is 0 Å². The SMILES string of the molecule is CCNCCc1ccc(CN(CC)c2cc(OC)ccc2[C@@H]2CCc3cc(C(=O)O)ccc3C2)cc1. The van der Waals surface area contributed by atoms with E-state index >= 15 is 0 Å². The Morgan fingerprint density at radius 2 is 1.81 bits per heavy atom. The van der Waals surface area contributed by atoms with Crippen molar-refractivity contribution in [3.05, 3.63) is 94.0 Å². The second-order valence-electron chi connectivity index (χ2n) is 9.59. The molecule has 5 heteroatoms. The van der Waals surface area contributed by atoms with E-state index in [9.17, 15) is 9.90 Å². The molecule has 0 spiro atoms. The Balaban J connectivity index is 1.56. The molecular weight excluding hydrogens is 448 g/mol. The number of carboxylic acid groups (broad SMARTS) is 1. The monoisotopic (exact) mass is 486 g/mol. The zero-order valence-electron chi connectivity index (χ0n) is 21.7. The lowest BCUT2D eigenvalue weighted by atomic mass is 9.79. The molecule has 1 atom stereocenters. The first-order valence-corrected chi connectivity index (χ1v) is 13.1. The van der Waals surface area contributed by atoms with Gasteiger partial charge in [0.1, 0.15) is 5.75 Å². The van der Waals surface area contributed by atoms with E-state index in [1.807, 2.05) is 12.1 Å². The van der Waals surface area contributed by atoms with Crippen LogP contribution in [0.15, 0.2) is 60.7 Å². The maximum Gasteiger partial charge on any atom is 0.335 e. The predicted octanol–water partition coefficient (Wildman–Crippen LogP) is 5.84. The number of hydrogen-bond donors (Lipinski definition) is 2. The first kappa shape index (κ1) is 25.8. The van der Waals surface area contributed by atoms with Crippen molar-refractivity contribution in [2.24, 2.45) is 0 Å². The van der Waals surface area contributed by atoms with Crippen LogP contribution >= 0.6 is 0 Å². The van der Waals surface area contributed by atoms with Crippen LogP contribution in [0.5, 0.6) is 5.75 Å². The van der Waals surface area contributed by atoms with E-state index in [4.69, 9.17) is 4.74 Å². The molecule has 0 radical (unpaired) electrons. The molecule has 0 heterocycles. The van der Waals surface area contributed by atoms with Gasteiger partial charge in [-0.2, -0.15) is 0 Å². The fraction of sp³-hybridized carbons (Fsp3) is 0.387. The fourth-order valence-corrected chi connectivity index (χ4v) is 5.23. The van der Waals surface area contributed by atoms with Gasteiger partial charge in [-0.15, -0.1) is 0 Å². The molecule has 0 aliphatic heterocycles. The Hall–Kier alpha value is -3.31. The van der Waals surface area contributed by atoms with Gasteiger partial charge in [-0.3, -0.25) is 0 Å². The van der Waals surface area contributed by atoms with Crippen molar-refractivity contribution in [2.75, 3.05) is 31.6 Å². The number of rotatable bonds is 11. The summed E-state index contributed by atoms with van der Waals surface area (Å²) >= 11 is 0. The topological polar surface area (TPSA) is 61.8 Å². The summed E-state index contributed by atoms with van der Waals surface area (Å²) in [5, 5.41) is 12.7. The van der Waals surface area contributed by atoms with Crippen LogP contribution < -0.4 is 15.0 Å². The lowest BCUT2D eigenvalue weighted by Crippen LogP contribution is -2.25. The van der Waals surface area contributed by atoms with E-state index in [0.29, 0.717) is 11.5 Å². The number of anilines is 1. The summed E-state index contributed by atoms with van der Waals surface area (Å²) in [7, 11) is 1.72. The van der Waals surface area contributed by atoms with Gasteiger partial charge in [0.2, 0.25) is 0 Å². The summed E-state index contributed by atoms with van der Waals surface area (Å²) in [4.78, 5) is 13.8. The molecule has 5 nitrogen and oxygen atoms in total. The smallest absolute Gasteiger partial charge is 0.335 e. The van der Waals surface area contributed by atoms with E-state index in [1.165, 1.54) is 33.5 Å². The number of carboxylic acids is 1. The van der Waals surface area contributed by atoms with Crippen molar-refractivity contribution < 1.29 is 14.6 Å². The number of nitrogens with zero attached hydrogens (tertiary/aromatic N) is 1. The summed E-state index contributed by atoms with van der Waals surface area (Å²) in [6.07, 6.45) is 3.87. The van der Waals surface area contributed by atoms with Gasteiger partial charge in [0, 0.05) is 24.8 Å². The van der Waals surface area contributed by atoms with Crippen molar-refractivity contribution in [3.8, 4) is 5.75 Å². The molecule has 0 unspecified atom stereocenters. The normalized spacial score (nSPS) is 14.8. The van der Waals surface area contributed by atoms with Crippen LogP contribution in [0.1, 0.15) is 64.4 Å². The Labute approximate surface area is 215 Å². The first-order chi connectivity index (χ1) is 17.5. The molecule has 0 saturated carbocycles. The largest absolute Gasteiger partial charge is 0.497 e. The van der Waals surface area contributed by atoms with Gasteiger partial charge < -0.3 is 20.1 Å². The molecule has 36 heavy (non-hydrogen) atoms. The van der Waals surface area contributed by atoms with Crippen molar-refractivity contribution in [1.82, 2.24) is 5.32 Å². The van der Waals surface area contributed by atoms with Gasteiger partial charge in [-0.1, -0.05) is 43.3 Å². The molecule has 190 valence electrons. The number of aryl methyl sites for hydroxylation is 1. The molecule has 0 saturated heterocycles. The summed E-state index contributed by atoms with van der Waals surface area (Å²) in [6, 6.07) is 21.0. The molecular formula is C31H38N2O3. The fourth-order valence-electron chi connectivity index (χ4n) is 5.23. The number of hydrogen-bond acceptors (Lipinski definition) is 4. The minimum absolute atomic E-state index is 0.377. The quantitative estimate of drug-likeness (QED) is 0.333. The summed E-state index contributed by atoms with van der Waals surface area (Å²) in [5.41, 5.74) is 8.03. The highest BCUT2D eigenvalue weighted by molar-refractivity contribution is 5.88. The van der Waals surface area contributed by atoms with Crippen LogP contribution in [0.4, 0.5) is 5.69 Å². The third-order valence-electron chi connectivity index (χ3n) is 7.32. The minimum Gasteiger partial charge on any atom is -0.497 e. The van der Waals surface area contributed by atoms with Crippen molar-refractivity contribution in [1.29, 1.82) is 0 Å². The molecule has 1 aliphatic rings. The number of methoxy groups -OCH3 is 1. The number of carbonyl (C=O) groups is 1. The number of ether oxygens (including phenoxy) is 1. The zero-order chi connectivity index (χ0) is 25.5. The highest BCUT2D eigenvalue weighted by atomic mass is 16.5. The number of aromatic carboxylic acids is 1.